The molecular weight excluding hydrogens is 327 g/mol. The van der Waals surface area contributed by atoms with E-state index >= 15 is 0 Å². The van der Waals surface area contributed by atoms with Crippen LogP contribution in [0.1, 0.15) is 36.0 Å². The lowest BCUT2D eigenvalue weighted by Gasteiger charge is -2.26. The SMILES string of the molecule is O=C(CNC(=O)c1ccc(Cl)cc1Cl)NC1CCC(O)CC1. The molecular formula is C15H18Cl2N2O3. The van der Waals surface area contributed by atoms with Gasteiger partial charge in [-0.2, -0.15) is 0 Å². The normalized spacial score (nSPS) is 21.2. The Labute approximate surface area is 139 Å². The minimum absolute atomic E-state index is 0.0620. The van der Waals surface area contributed by atoms with E-state index in [1.165, 1.54) is 12.1 Å². The summed E-state index contributed by atoms with van der Waals surface area (Å²) < 4.78 is 0. The quantitative estimate of drug-likeness (QED) is 0.782. The first kappa shape index (κ1) is 17.1. The second-order valence-electron chi connectivity index (χ2n) is 5.38. The lowest BCUT2D eigenvalue weighted by molar-refractivity contribution is -0.121. The molecule has 0 saturated heterocycles. The first-order chi connectivity index (χ1) is 10.5. The molecule has 1 aliphatic rings. The molecule has 120 valence electrons. The van der Waals surface area contributed by atoms with Gasteiger partial charge in [-0.15, -0.1) is 0 Å². The van der Waals surface area contributed by atoms with Crippen LogP contribution >= 0.6 is 23.2 Å². The van der Waals surface area contributed by atoms with Crippen molar-refractivity contribution in [3.8, 4) is 0 Å². The molecule has 0 aromatic heterocycles. The van der Waals surface area contributed by atoms with E-state index in [9.17, 15) is 14.7 Å². The zero-order valence-corrected chi connectivity index (χ0v) is 13.5. The van der Waals surface area contributed by atoms with Crippen LogP contribution in [0.5, 0.6) is 0 Å². The van der Waals surface area contributed by atoms with Crippen LogP contribution < -0.4 is 10.6 Å². The molecule has 2 amide bonds. The Balaban J connectivity index is 1.79. The number of aliphatic hydroxyl groups excluding tert-OH is 1. The Morgan fingerprint density at radius 1 is 1.18 bits per heavy atom. The van der Waals surface area contributed by atoms with E-state index in [1.54, 1.807) is 6.07 Å². The summed E-state index contributed by atoms with van der Waals surface area (Å²) >= 11 is 11.7. The summed E-state index contributed by atoms with van der Waals surface area (Å²) in [5.41, 5.74) is 0.277. The average Bonchev–Trinajstić information content (AvgIpc) is 2.47. The van der Waals surface area contributed by atoms with Crippen molar-refractivity contribution < 1.29 is 14.7 Å². The molecule has 0 unspecified atom stereocenters. The fourth-order valence-electron chi connectivity index (χ4n) is 2.43. The molecule has 7 heteroatoms. The highest BCUT2D eigenvalue weighted by molar-refractivity contribution is 6.36. The first-order valence-corrected chi connectivity index (χ1v) is 7.92. The van der Waals surface area contributed by atoms with E-state index in [0.29, 0.717) is 17.9 Å². The van der Waals surface area contributed by atoms with Crippen LogP contribution in [0.4, 0.5) is 0 Å². The summed E-state index contributed by atoms with van der Waals surface area (Å²) in [6.45, 7) is -0.114. The van der Waals surface area contributed by atoms with Gasteiger partial charge in [0.05, 0.1) is 23.2 Å². The van der Waals surface area contributed by atoms with Crippen molar-refractivity contribution in [1.29, 1.82) is 0 Å². The maximum Gasteiger partial charge on any atom is 0.253 e. The van der Waals surface area contributed by atoms with Crippen molar-refractivity contribution in [3.63, 3.8) is 0 Å². The number of hydrogen-bond donors (Lipinski definition) is 3. The molecule has 0 atom stereocenters. The third kappa shape index (κ3) is 4.87. The van der Waals surface area contributed by atoms with Crippen molar-refractivity contribution in [2.75, 3.05) is 6.54 Å². The average molecular weight is 345 g/mol. The summed E-state index contributed by atoms with van der Waals surface area (Å²) in [7, 11) is 0. The molecule has 0 bridgehead atoms. The summed E-state index contributed by atoms with van der Waals surface area (Å²) in [6.07, 6.45) is 2.63. The molecule has 1 aliphatic carbocycles. The van der Waals surface area contributed by atoms with Crippen molar-refractivity contribution in [3.05, 3.63) is 33.8 Å². The van der Waals surface area contributed by atoms with Gasteiger partial charge >= 0.3 is 0 Å². The van der Waals surface area contributed by atoms with Gasteiger partial charge in [0, 0.05) is 11.1 Å². The Kier molecular flexibility index (Phi) is 6.06. The summed E-state index contributed by atoms with van der Waals surface area (Å²) in [5.74, 6) is -0.671. The lowest BCUT2D eigenvalue weighted by Crippen LogP contribution is -2.43. The number of benzene rings is 1. The molecule has 0 aliphatic heterocycles. The largest absolute Gasteiger partial charge is 0.393 e. The molecule has 0 spiro atoms. The smallest absolute Gasteiger partial charge is 0.253 e. The van der Waals surface area contributed by atoms with Crippen molar-refractivity contribution in [2.45, 2.75) is 37.8 Å². The monoisotopic (exact) mass is 344 g/mol. The number of aliphatic hydroxyl groups is 1. The van der Waals surface area contributed by atoms with Crippen molar-refractivity contribution in [1.82, 2.24) is 10.6 Å². The summed E-state index contributed by atoms with van der Waals surface area (Å²) in [4.78, 5) is 23.8. The number of amides is 2. The van der Waals surface area contributed by atoms with E-state index in [-0.39, 0.29) is 35.2 Å². The molecule has 22 heavy (non-hydrogen) atoms. The highest BCUT2D eigenvalue weighted by Crippen LogP contribution is 2.21. The number of rotatable bonds is 4. The van der Waals surface area contributed by atoms with Gasteiger partial charge in [-0.25, -0.2) is 0 Å². The maximum atomic E-state index is 12.0. The minimum Gasteiger partial charge on any atom is -0.393 e. The summed E-state index contributed by atoms with van der Waals surface area (Å²) in [5, 5.41) is 15.5. The first-order valence-electron chi connectivity index (χ1n) is 7.16. The molecule has 5 nitrogen and oxygen atoms in total. The van der Waals surface area contributed by atoms with E-state index in [1.807, 2.05) is 0 Å². The number of hydrogen-bond acceptors (Lipinski definition) is 3. The van der Waals surface area contributed by atoms with Crippen LogP contribution in [0.2, 0.25) is 10.0 Å². The highest BCUT2D eigenvalue weighted by atomic mass is 35.5. The van der Waals surface area contributed by atoms with Gasteiger partial charge in [0.2, 0.25) is 5.91 Å². The molecule has 1 fully saturated rings. The van der Waals surface area contributed by atoms with Gasteiger partial charge in [-0.1, -0.05) is 23.2 Å². The predicted octanol–water partition coefficient (Wildman–Crippen LogP) is 2.14. The minimum atomic E-state index is -0.420. The van der Waals surface area contributed by atoms with Gasteiger partial charge in [-0.05, 0) is 43.9 Å². The van der Waals surface area contributed by atoms with Gasteiger partial charge < -0.3 is 15.7 Å². The molecule has 3 N–H and O–H groups in total. The Bertz CT molecular complexity index is 558. The highest BCUT2D eigenvalue weighted by Gasteiger charge is 2.21. The van der Waals surface area contributed by atoms with Gasteiger partial charge in [0.25, 0.3) is 5.91 Å². The third-order valence-electron chi connectivity index (χ3n) is 3.65. The molecule has 1 aromatic rings. The molecule has 0 heterocycles. The second-order valence-corrected chi connectivity index (χ2v) is 6.22. The third-order valence-corrected chi connectivity index (χ3v) is 4.19. The van der Waals surface area contributed by atoms with Crippen LogP contribution in [0.3, 0.4) is 0 Å². The Morgan fingerprint density at radius 3 is 2.50 bits per heavy atom. The number of carbonyl (C=O) groups excluding carboxylic acids is 2. The van der Waals surface area contributed by atoms with Crippen LogP contribution in [0.15, 0.2) is 18.2 Å². The van der Waals surface area contributed by atoms with E-state index in [4.69, 9.17) is 23.2 Å². The zero-order valence-electron chi connectivity index (χ0n) is 11.9. The fraction of sp³-hybridized carbons (Fsp3) is 0.467. The van der Waals surface area contributed by atoms with Crippen molar-refractivity contribution in [2.24, 2.45) is 0 Å². The van der Waals surface area contributed by atoms with Crippen molar-refractivity contribution >= 4 is 35.0 Å². The Hall–Kier alpha value is -1.30. The van der Waals surface area contributed by atoms with Crippen LogP contribution in [-0.2, 0) is 4.79 Å². The predicted molar refractivity (Wildman–Crippen MR) is 85.2 cm³/mol. The van der Waals surface area contributed by atoms with E-state index in [2.05, 4.69) is 10.6 Å². The van der Waals surface area contributed by atoms with Crippen LogP contribution in [0.25, 0.3) is 0 Å². The summed E-state index contributed by atoms with van der Waals surface area (Å²) in [6, 6.07) is 4.62. The van der Waals surface area contributed by atoms with E-state index in [0.717, 1.165) is 12.8 Å². The molecule has 0 radical (unpaired) electrons. The van der Waals surface area contributed by atoms with Gasteiger partial charge in [0.1, 0.15) is 0 Å². The van der Waals surface area contributed by atoms with Crippen LogP contribution in [-0.4, -0.2) is 35.6 Å². The zero-order chi connectivity index (χ0) is 16.1. The standard InChI is InChI=1S/C15H18Cl2N2O3/c16-9-1-6-12(13(17)7-9)15(22)18-8-14(21)19-10-2-4-11(20)5-3-10/h1,6-7,10-11,20H,2-5,8H2,(H,18,22)(H,19,21). The van der Waals surface area contributed by atoms with Gasteiger partial charge in [-0.3, -0.25) is 9.59 Å². The fourth-order valence-corrected chi connectivity index (χ4v) is 2.92. The maximum absolute atomic E-state index is 12.0. The van der Waals surface area contributed by atoms with Gasteiger partial charge in [0.15, 0.2) is 0 Å². The van der Waals surface area contributed by atoms with Crippen LogP contribution in [0, 0.1) is 0 Å². The topological polar surface area (TPSA) is 78.4 Å². The lowest BCUT2D eigenvalue weighted by atomic mass is 9.93. The molecule has 1 saturated carbocycles. The number of carbonyl (C=O) groups is 2. The molecule has 2 rings (SSSR count). The van der Waals surface area contributed by atoms with E-state index < -0.39 is 5.91 Å². The second kappa shape index (κ2) is 7.81. The number of halogens is 2. The Morgan fingerprint density at radius 2 is 1.86 bits per heavy atom. The number of nitrogens with one attached hydrogen (secondary N) is 2. The molecule has 1 aromatic carbocycles.